The Bertz CT molecular complexity index is 772. The van der Waals surface area contributed by atoms with Crippen molar-refractivity contribution in [1.29, 1.82) is 0 Å². The molecule has 0 radical (unpaired) electrons. The van der Waals surface area contributed by atoms with Gasteiger partial charge in [0.15, 0.2) is 0 Å². The first kappa shape index (κ1) is 20.7. The lowest BCUT2D eigenvalue weighted by Crippen LogP contribution is -2.50. The summed E-state index contributed by atoms with van der Waals surface area (Å²) >= 11 is 1.57. The number of aliphatic hydroxyl groups is 1. The number of nitrogens with zero attached hydrogens (tertiary/aromatic N) is 4. The molecule has 1 saturated heterocycles. The Balaban J connectivity index is 1.55. The van der Waals surface area contributed by atoms with E-state index >= 15 is 0 Å². The van der Waals surface area contributed by atoms with Gasteiger partial charge in [-0.05, 0) is 45.4 Å². The number of amides is 2. The Hall–Kier alpha value is -2.03. The average molecular weight is 404 g/mol. The van der Waals surface area contributed by atoms with Crippen molar-refractivity contribution >= 4 is 17.4 Å². The average Bonchev–Trinajstić information content (AvgIpc) is 3.11. The van der Waals surface area contributed by atoms with E-state index in [2.05, 4.69) is 28.3 Å². The van der Waals surface area contributed by atoms with E-state index in [0.717, 1.165) is 29.4 Å². The molecule has 0 spiro atoms. The number of nitrogens with one attached hydrogen (secondary N) is 1. The first-order chi connectivity index (χ1) is 13.4. The van der Waals surface area contributed by atoms with Crippen molar-refractivity contribution in [2.45, 2.75) is 51.4 Å². The second-order valence-electron chi connectivity index (χ2n) is 7.78. The molecule has 3 heterocycles. The van der Waals surface area contributed by atoms with Crippen LogP contribution in [0.1, 0.15) is 43.0 Å². The fraction of sp³-hybridized carbons (Fsp3) is 0.550. The number of hydrogen-bond acceptors (Lipinski definition) is 6. The van der Waals surface area contributed by atoms with Crippen LogP contribution in [0.15, 0.2) is 29.9 Å². The van der Waals surface area contributed by atoms with Crippen LogP contribution in [-0.4, -0.2) is 57.1 Å². The van der Waals surface area contributed by atoms with Crippen molar-refractivity contribution in [3.05, 3.63) is 46.2 Å². The summed E-state index contributed by atoms with van der Waals surface area (Å²) in [6.07, 6.45) is 4.66. The van der Waals surface area contributed by atoms with Crippen LogP contribution in [0.25, 0.3) is 0 Å². The standard InChI is InChI=1S/C20H29N5O2S/c1-15(2)22-19(26)25-9-6-20(27,7-10-25)17-14-28-18(23-17)13-24(3)12-16-5-4-8-21-11-16/h4-5,8,11,14-15,27H,6-7,9-10,12-13H2,1-3H3,(H,22,26). The van der Waals surface area contributed by atoms with Gasteiger partial charge in [-0.25, -0.2) is 9.78 Å². The summed E-state index contributed by atoms with van der Waals surface area (Å²) in [6.45, 7) is 6.47. The van der Waals surface area contributed by atoms with Gasteiger partial charge in [-0.2, -0.15) is 0 Å². The molecular weight excluding hydrogens is 374 g/mol. The molecule has 0 atom stereocenters. The summed E-state index contributed by atoms with van der Waals surface area (Å²) in [5, 5.41) is 16.9. The van der Waals surface area contributed by atoms with Crippen LogP contribution in [0.5, 0.6) is 0 Å². The maximum atomic E-state index is 12.1. The molecule has 0 bridgehead atoms. The summed E-state index contributed by atoms with van der Waals surface area (Å²) < 4.78 is 0. The smallest absolute Gasteiger partial charge is 0.317 e. The van der Waals surface area contributed by atoms with E-state index in [1.807, 2.05) is 31.5 Å². The predicted molar refractivity (Wildman–Crippen MR) is 110 cm³/mol. The number of likely N-dealkylation sites (tertiary alicyclic amines) is 1. The van der Waals surface area contributed by atoms with Gasteiger partial charge in [-0.15, -0.1) is 11.3 Å². The number of rotatable bonds is 6. The minimum absolute atomic E-state index is 0.0620. The third-order valence-electron chi connectivity index (χ3n) is 4.90. The van der Waals surface area contributed by atoms with E-state index in [4.69, 9.17) is 4.98 Å². The Kier molecular flexibility index (Phi) is 6.64. The Morgan fingerprint density at radius 2 is 2.14 bits per heavy atom. The predicted octanol–water partition coefficient (Wildman–Crippen LogP) is 2.57. The first-order valence-corrected chi connectivity index (χ1v) is 10.5. The molecule has 0 unspecified atom stereocenters. The van der Waals surface area contributed by atoms with Gasteiger partial charge in [0.25, 0.3) is 0 Å². The van der Waals surface area contributed by atoms with Crippen molar-refractivity contribution in [3.63, 3.8) is 0 Å². The van der Waals surface area contributed by atoms with Gasteiger partial charge in [-0.3, -0.25) is 9.88 Å². The van der Waals surface area contributed by atoms with Gasteiger partial charge in [0.1, 0.15) is 10.6 Å². The number of urea groups is 1. The topological polar surface area (TPSA) is 81.6 Å². The quantitative estimate of drug-likeness (QED) is 0.775. The molecule has 7 nitrogen and oxygen atoms in total. The van der Waals surface area contributed by atoms with Crippen LogP contribution in [0, 0.1) is 0 Å². The summed E-state index contributed by atoms with van der Waals surface area (Å²) in [6, 6.07) is 4.04. The lowest BCUT2D eigenvalue weighted by molar-refractivity contribution is -0.0201. The summed E-state index contributed by atoms with van der Waals surface area (Å²) in [5.74, 6) is 0. The molecular formula is C20H29N5O2S. The monoisotopic (exact) mass is 403 g/mol. The highest BCUT2D eigenvalue weighted by Crippen LogP contribution is 2.33. The lowest BCUT2D eigenvalue weighted by atomic mass is 9.89. The molecule has 28 heavy (non-hydrogen) atoms. The molecule has 2 N–H and O–H groups in total. The minimum Gasteiger partial charge on any atom is -0.383 e. The molecule has 0 saturated carbocycles. The highest BCUT2D eigenvalue weighted by molar-refractivity contribution is 7.09. The minimum atomic E-state index is -0.953. The molecule has 2 amide bonds. The van der Waals surface area contributed by atoms with E-state index in [0.29, 0.717) is 25.9 Å². The largest absolute Gasteiger partial charge is 0.383 e. The number of piperidine rings is 1. The molecule has 3 rings (SSSR count). The maximum absolute atomic E-state index is 12.1. The summed E-state index contributed by atoms with van der Waals surface area (Å²) in [5.41, 5.74) is 0.935. The number of hydrogen-bond donors (Lipinski definition) is 2. The number of carbonyl (C=O) groups excluding carboxylic acids is 1. The fourth-order valence-corrected chi connectivity index (χ4v) is 4.33. The maximum Gasteiger partial charge on any atom is 0.317 e. The van der Waals surface area contributed by atoms with Crippen LogP contribution in [0.4, 0.5) is 4.79 Å². The molecule has 1 fully saturated rings. The second-order valence-corrected chi connectivity index (χ2v) is 8.73. The van der Waals surface area contributed by atoms with Crippen molar-refractivity contribution in [3.8, 4) is 0 Å². The molecule has 2 aromatic rings. The van der Waals surface area contributed by atoms with E-state index in [9.17, 15) is 9.90 Å². The van der Waals surface area contributed by atoms with Crippen molar-refractivity contribution in [2.75, 3.05) is 20.1 Å². The number of carbonyl (C=O) groups is 1. The summed E-state index contributed by atoms with van der Waals surface area (Å²) in [4.78, 5) is 24.9. The van der Waals surface area contributed by atoms with Crippen molar-refractivity contribution in [1.82, 2.24) is 25.1 Å². The van der Waals surface area contributed by atoms with E-state index in [1.54, 1.807) is 22.4 Å². The van der Waals surface area contributed by atoms with Crippen LogP contribution in [-0.2, 0) is 18.7 Å². The van der Waals surface area contributed by atoms with Crippen molar-refractivity contribution in [2.24, 2.45) is 0 Å². The number of thiazole rings is 1. The first-order valence-electron chi connectivity index (χ1n) is 9.66. The third-order valence-corrected chi connectivity index (χ3v) is 5.73. The SMILES string of the molecule is CC(C)NC(=O)N1CCC(O)(c2csc(CN(C)Cc3cccnc3)n2)CC1. The van der Waals surface area contributed by atoms with Gasteiger partial charge in [0, 0.05) is 43.4 Å². The van der Waals surface area contributed by atoms with Gasteiger partial charge < -0.3 is 15.3 Å². The van der Waals surface area contributed by atoms with E-state index in [-0.39, 0.29) is 12.1 Å². The van der Waals surface area contributed by atoms with Crippen LogP contribution in [0.2, 0.25) is 0 Å². The zero-order valence-electron chi connectivity index (χ0n) is 16.8. The Morgan fingerprint density at radius 1 is 1.39 bits per heavy atom. The molecule has 152 valence electrons. The zero-order chi connectivity index (χ0) is 20.1. The van der Waals surface area contributed by atoms with Crippen molar-refractivity contribution < 1.29 is 9.90 Å². The van der Waals surface area contributed by atoms with Crippen LogP contribution >= 0.6 is 11.3 Å². The molecule has 1 aliphatic rings. The van der Waals surface area contributed by atoms with Gasteiger partial charge >= 0.3 is 6.03 Å². The lowest BCUT2D eigenvalue weighted by Gasteiger charge is -2.37. The fourth-order valence-electron chi connectivity index (χ4n) is 3.36. The number of pyridine rings is 1. The molecule has 0 aromatic carbocycles. The van der Waals surface area contributed by atoms with E-state index < -0.39 is 5.60 Å². The molecule has 1 aliphatic heterocycles. The van der Waals surface area contributed by atoms with Gasteiger partial charge in [0.2, 0.25) is 0 Å². The third kappa shape index (κ3) is 5.27. The highest BCUT2D eigenvalue weighted by atomic mass is 32.1. The highest BCUT2D eigenvalue weighted by Gasteiger charge is 2.37. The second kappa shape index (κ2) is 8.98. The van der Waals surface area contributed by atoms with Crippen LogP contribution < -0.4 is 5.32 Å². The number of aromatic nitrogens is 2. The van der Waals surface area contributed by atoms with E-state index in [1.165, 1.54) is 0 Å². The van der Waals surface area contributed by atoms with Gasteiger partial charge in [-0.1, -0.05) is 6.07 Å². The van der Waals surface area contributed by atoms with Crippen LogP contribution in [0.3, 0.4) is 0 Å². The van der Waals surface area contributed by atoms with Gasteiger partial charge in [0.05, 0.1) is 12.2 Å². The summed E-state index contributed by atoms with van der Waals surface area (Å²) in [7, 11) is 2.05. The Labute approximate surface area is 170 Å². The zero-order valence-corrected chi connectivity index (χ0v) is 17.6. The molecule has 8 heteroatoms. The normalized spacial score (nSPS) is 16.6. The Morgan fingerprint density at radius 3 is 2.79 bits per heavy atom. The molecule has 2 aromatic heterocycles. The molecule has 0 aliphatic carbocycles.